The van der Waals surface area contributed by atoms with Crippen molar-refractivity contribution in [2.45, 2.75) is 94.5 Å². The summed E-state index contributed by atoms with van der Waals surface area (Å²) in [6.45, 7) is 0. The van der Waals surface area contributed by atoms with E-state index in [1.807, 2.05) is 0 Å². The zero-order valence-electron chi connectivity index (χ0n) is 14.2. The summed E-state index contributed by atoms with van der Waals surface area (Å²) in [5.41, 5.74) is 0. The van der Waals surface area contributed by atoms with Crippen LogP contribution in [0.15, 0.2) is 0 Å². The van der Waals surface area contributed by atoms with Crippen LogP contribution in [0.1, 0.15) is 77.0 Å². The number of hydrogen-bond acceptors (Lipinski definition) is 2. The van der Waals surface area contributed by atoms with Gasteiger partial charge < -0.3 is 9.31 Å². The van der Waals surface area contributed by atoms with Crippen molar-refractivity contribution < 1.29 is 9.31 Å². The summed E-state index contributed by atoms with van der Waals surface area (Å²) in [5.74, 6) is 1.39. The van der Waals surface area contributed by atoms with E-state index in [-0.39, 0.29) is 12.4 Å². The Balaban J connectivity index is 1.65. The first kappa shape index (κ1) is 18.5. The van der Waals surface area contributed by atoms with Crippen molar-refractivity contribution in [3.63, 3.8) is 0 Å². The fourth-order valence-electron chi connectivity index (χ4n) is 4.76. The molecule has 0 aromatic rings. The summed E-state index contributed by atoms with van der Waals surface area (Å²) in [6, 6.07) is 0. The maximum atomic E-state index is 6.60. The van der Waals surface area contributed by atoms with E-state index in [1.54, 1.807) is 0 Å². The van der Waals surface area contributed by atoms with Crippen molar-refractivity contribution in [1.29, 1.82) is 0 Å². The second-order valence-electron chi connectivity index (χ2n) is 7.71. The molecule has 3 atom stereocenters. The summed E-state index contributed by atoms with van der Waals surface area (Å²) in [7, 11) is -0.186. The zero-order chi connectivity index (χ0) is 16.1. The Kier molecular flexibility index (Phi) is 7.62. The van der Waals surface area contributed by atoms with E-state index in [0.29, 0.717) is 24.0 Å². The molecular formula is C18H31BBrClO2. The third kappa shape index (κ3) is 4.89. The van der Waals surface area contributed by atoms with Crippen LogP contribution >= 0.6 is 27.5 Å². The Morgan fingerprint density at radius 3 is 1.78 bits per heavy atom. The minimum atomic E-state index is -0.186. The average molecular weight is 406 g/mol. The molecule has 0 spiro atoms. The van der Waals surface area contributed by atoms with Crippen molar-refractivity contribution >= 4 is 34.6 Å². The Morgan fingerprint density at radius 2 is 1.35 bits per heavy atom. The maximum absolute atomic E-state index is 6.60. The monoisotopic (exact) mass is 404 g/mol. The fourth-order valence-corrected chi connectivity index (χ4v) is 5.36. The Hall–Kier alpha value is 0.755. The van der Waals surface area contributed by atoms with Crippen LogP contribution < -0.4 is 0 Å². The molecule has 0 radical (unpaired) electrons. The van der Waals surface area contributed by atoms with Gasteiger partial charge in [0, 0.05) is 5.33 Å². The van der Waals surface area contributed by atoms with Gasteiger partial charge in [-0.3, -0.25) is 0 Å². The van der Waals surface area contributed by atoms with Gasteiger partial charge >= 0.3 is 7.12 Å². The molecule has 3 rings (SSSR count). The zero-order valence-corrected chi connectivity index (χ0v) is 16.6. The molecule has 1 saturated heterocycles. The van der Waals surface area contributed by atoms with Crippen molar-refractivity contribution in [1.82, 2.24) is 0 Å². The van der Waals surface area contributed by atoms with E-state index < -0.39 is 0 Å². The predicted molar refractivity (Wildman–Crippen MR) is 101 cm³/mol. The quantitative estimate of drug-likeness (QED) is 0.414. The molecule has 2 saturated carbocycles. The molecule has 0 aromatic heterocycles. The molecule has 1 aliphatic heterocycles. The molecule has 2 aliphatic carbocycles. The Bertz CT molecular complexity index is 322. The largest absolute Gasteiger partial charge is 0.476 e. The second kappa shape index (κ2) is 9.45. The lowest BCUT2D eigenvalue weighted by Gasteiger charge is -2.35. The summed E-state index contributed by atoms with van der Waals surface area (Å²) >= 11 is 10.1. The minimum Gasteiger partial charge on any atom is -0.404 e. The van der Waals surface area contributed by atoms with Crippen LogP contribution in [0.2, 0.25) is 0 Å². The molecule has 5 heteroatoms. The van der Waals surface area contributed by atoms with Crippen LogP contribution in [0.25, 0.3) is 0 Å². The summed E-state index contributed by atoms with van der Waals surface area (Å²) < 4.78 is 12.9. The summed E-state index contributed by atoms with van der Waals surface area (Å²) in [6.07, 6.45) is 16.2. The number of alkyl halides is 2. The smallest absolute Gasteiger partial charge is 0.404 e. The number of halogens is 2. The van der Waals surface area contributed by atoms with E-state index in [1.165, 1.54) is 64.2 Å². The van der Waals surface area contributed by atoms with Crippen LogP contribution in [0.4, 0.5) is 0 Å². The second-order valence-corrected chi connectivity index (χ2v) is 9.07. The summed E-state index contributed by atoms with van der Waals surface area (Å²) in [4.78, 5) is 0. The van der Waals surface area contributed by atoms with Crippen molar-refractivity contribution in [3.8, 4) is 0 Å². The summed E-state index contributed by atoms with van der Waals surface area (Å²) in [5, 5.41) is 0.994. The van der Waals surface area contributed by atoms with Crippen molar-refractivity contribution in [2.75, 3.05) is 5.33 Å². The minimum absolute atomic E-state index is 0.00719. The lowest BCUT2D eigenvalue weighted by atomic mass is 9.77. The van der Waals surface area contributed by atoms with Gasteiger partial charge in [-0.25, -0.2) is 0 Å². The first-order valence-electron chi connectivity index (χ1n) is 9.80. The van der Waals surface area contributed by atoms with E-state index >= 15 is 0 Å². The molecule has 0 N–H and O–H groups in total. The number of hydrogen-bond donors (Lipinski definition) is 0. The maximum Gasteiger partial charge on any atom is 0.476 e. The molecule has 3 aliphatic rings. The first-order valence-corrected chi connectivity index (χ1v) is 11.4. The van der Waals surface area contributed by atoms with Gasteiger partial charge in [0.1, 0.15) is 0 Å². The first-order chi connectivity index (χ1) is 11.3. The van der Waals surface area contributed by atoms with Crippen molar-refractivity contribution in [3.05, 3.63) is 0 Å². The molecule has 2 nitrogen and oxygen atoms in total. The predicted octanol–water partition coefficient (Wildman–Crippen LogP) is 5.74. The van der Waals surface area contributed by atoms with Crippen LogP contribution in [0.3, 0.4) is 0 Å². The molecule has 0 aromatic carbocycles. The van der Waals surface area contributed by atoms with Gasteiger partial charge in [0.05, 0.1) is 17.5 Å². The van der Waals surface area contributed by atoms with Gasteiger partial charge in [0.15, 0.2) is 0 Å². The van der Waals surface area contributed by atoms with Crippen LogP contribution in [-0.4, -0.2) is 29.9 Å². The van der Waals surface area contributed by atoms with E-state index in [9.17, 15) is 0 Å². The normalized spacial score (nSPS) is 32.3. The molecule has 0 amide bonds. The third-order valence-corrected chi connectivity index (χ3v) is 7.03. The molecule has 23 heavy (non-hydrogen) atoms. The van der Waals surface area contributed by atoms with Crippen LogP contribution in [0, 0.1) is 11.8 Å². The van der Waals surface area contributed by atoms with Crippen LogP contribution in [0.5, 0.6) is 0 Å². The molecule has 0 bridgehead atoms. The standard InChI is InChI=1S/C18H31BBrClO2/c20-13-7-12-16(21)19-22-17(14-8-3-1-4-9-14)18(23-19)15-10-5-2-6-11-15/h14-18H,1-13H2/t16-,17-,18-/m0/s1. The molecular weight excluding hydrogens is 374 g/mol. The van der Waals surface area contributed by atoms with E-state index in [0.717, 1.165) is 18.2 Å². The number of rotatable bonds is 6. The van der Waals surface area contributed by atoms with Gasteiger partial charge in [-0.1, -0.05) is 54.5 Å². The lowest BCUT2D eigenvalue weighted by molar-refractivity contribution is 0.0324. The molecule has 0 unspecified atom stereocenters. The Labute approximate surface area is 155 Å². The molecule has 132 valence electrons. The van der Waals surface area contributed by atoms with E-state index in [4.69, 9.17) is 20.9 Å². The Morgan fingerprint density at radius 1 is 0.870 bits per heavy atom. The molecule has 1 heterocycles. The van der Waals surface area contributed by atoms with Gasteiger partial charge in [0.25, 0.3) is 0 Å². The highest BCUT2D eigenvalue weighted by Gasteiger charge is 2.49. The van der Waals surface area contributed by atoms with Crippen LogP contribution in [-0.2, 0) is 9.31 Å². The van der Waals surface area contributed by atoms with E-state index in [2.05, 4.69) is 15.9 Å². The lowest BCUT2D eigenvalue weighted by Crippen LogP contribution is -2.38. The highest BCUT2D eigenvalue weighted by molar-refractivity contribution is 9.09. The third-order valence-electron chi connectivity index (χ3n) is 6.04. The highest BCUT2D eigenvalue weighted by atomic mass is 79.9. The van der Waals surface area contributed by atoms with Gasteiger partial charge in [-0.2, -0.15) is 0 Å². The van der Waals surface area contributed by atoms with Gasteiger partial charge in [-0.05, 0) is 50.4 Å². The SMILES string of the molecule is Cl[C@@H](CCCBr)B1O[C@@H](C2CCCCC2)[C@H](C2CCCCC2)O1. The highest BCUT2D eigenvalue weighted by Crippen LogP contribution is 2.41. The topological polar surface area (TPSA) is 18.5 Å². The van der Waals surface area contributed by atoms with Crippen molar-refractivity contribution in [2.24, 2.45) is 11.8 Å². The molecule has 3 fully saturated rings. The fraction of sp³-hybridized carbons (Fsp3) is 1.00. The van der Waals surface area contributed by atoms with Gasteiger partial charge in [-0.15, -0.1) is 11.6 Å². The van der Waals surface area contributed by atoms with Gasteiger partial charge in [0.2, 0.25) is 0 Å². The average Bonchev–Trinajstić information content (AvgIpc) is 3.06.